The first-order chi connectivity index (χ1) is 9.00. The van der Waals surface area contributed by atoms with Crippen LogP contribution in [-0.4, -0.2) is 46.8 Å². The zero-order valence-electron chi connectivity index (χ0n) is 11.0. The van der Waals surface area contributed by atoms with Gasteiger partial charge >= 0.3 is 0 Å². The maximum Gasteiger partial charge on any atom is 0.248 e. The molecule has 1 saturated heterocycles. The van der Waals surface area contributed by atoms with Crippen molar-refractivity contribution in [2.75, 3.05) is 18.9 Å². The van der Waals surface area contributed by atoms with E-state index in [4.69, 9.17) is 5.73 Å². The number of hydrogen-bond acceptors (Lipinski definition) is 5. The van der Waals surface area contributed by atoms with Crippen LogP contribution >= 0.6 is 0 Å². The van der Waals surface area contributed by atoms with Gasteiger partial charge in [0.05, 0.1) is 6.61 Å². The third-order valence-corrected chi connectivity index (χ3v) is 5.30. The lowest BCUT2D eigenvalue weighted by molar-refractivity contribution is 0.213. The molecule has 1 aliphatic rings. The molecule has 2 rings (SSSR count). The predicted octanol–water partition coefficient (Wildman–Crippen LogP) is 0.0207. The molecule has 2 heterocycles. The van der Waals surface area contributed by atoms with Crippen LogP contribution in [0.25, 0.3) is 0 Å². The van der Waals surface area contributed by atoms with Crippen molar-refractivity contribution in [1.29, 1.82) is 0 Å². The van der Waals surface area contributed by atoms with Crippen LogP contribution in [-0.2, 0) is 16.6 Å². The van der Waals surface area contributed by atoms with Gasteiger partial charge in [-0.25, -0.2) is 8.42 Å². The molecule has 0 saturated carbocycles. The molecule has 0 radical (unpaired) electrons. The molecule has 1 aromatic heterocycles. The molecule has 0 aliphatic carbocycles. The second-order valence-corrected chi connectivity index (χ2v) is 6.60. The Labute approximate surface area is 113 Å². The molecular weight excluding hydrogens is 268 g/mol. The highest BCUT2D eigenvalue weighted by Gasteiger charge is 2.36. The number of aromatic nitrogens is 2. The summed E-state index contributed by atoms with van der Waals surface area (Å²) < 4.78 is 27.9. The molecule has 1 atom stereocenters. The topological polar surface area (TPSA) is 101 Å². The SMILES string of the molecule is CCCn1cc(S(=O)(=O)N2CCC[C@@H]2CO)c(N)n1. The zero-order chi connectivity index (χ0) is 14.0. The van der Waals surface area contributed by atoms with Gasteiger partial charge in [0.25, 0.3) is 0 Å². The van der Waals surface area contributed by atoms with E-state index in [1.165, 1.54) is 10.5 Å². The monoisotopic (exact) mass is 288 g/mol. The highest BCUT2D eigenvalue weighted by Crippen LogP contribution is 2.28. The summed E-state index contributed by atoms with van der Waals surface area (Å²) in [5, 5.41) is 13.3. The number of rotatable bonds is 5. The molecule has 1 fully saturated rings. The van der Waals surface area contributed by atoms with Crippen LogP contribution in [0.3, 0.4) is 0 Å². The lowest BCUT2D eigenvalue weighted by Gasteiger charge is -2.21. The lowest BCUT2D eigenvalue weighted by Crippen LogP contribution is -2.37. The van der Waals surface area contributed by atoms with Crippen LogP contribution in [0.1, 0.15) is 26.2 Å². The van der Waals surface area contributed by atoms with Crippen LogP contribution in [0.2, 0.25) is 0 Å². The summed E-state index contributed by atoms with van der Waals surface area (Å²) in [5.74, 6) is 0.0250. The van der Waals surface area contributed by atoms with Crippen molar-refractivity contribution in [3.8, 4) is 0 Å². The van der Waals surface area contributed by atoms with E-state index in [9.17, 15) is 13.5 Å². The van der Waals surface area contributed by atoms with Gasteiger partial charge in [0.2, 0.25) is 10.0 Å². The van der Waals surface area contributed by atoms with E-state index in [1.807, 2.05) is 6.92 Å². The van der Waals surface area contributed by atoms with E-state index in [0.717, 1.165) is 12.8 Å². The van der Waals surface area contributed by atoms with Crippen LogP contribution in [0, 0.1) is 0 Å². The maximum absolute atomic E-state index is 12.5. The van der Waals surface area contributed by atoms with E-state index in [2.05, 4.69) is 5.10 Å². The van der Waals surface area contributed by atoms with Gasteiger partial charge in [-0.2, -0.15) is 9.40 Å². The summed E-state index contributed by atoms with van der Waals surface area (Å²) in [4.78, 5) is 0.0429. The first kappa shape index (κ1) is 14.3. The number of aliphatic hydroxyl groups excluding tert-OH is 1. The summed E-state index contributed by atoms with van der Waals surface area (Å²) in [6.07, 6.45) is 3.76. The zero-order valence-corrected chi connectivity index (χ0v) is 11.8. The Balaban J connectivity index is 2.33. The van der Waals surface area contributed by atoms with Gasteiger partial charge in [0, 0.05) is 25.3 Å². The number of anilines is 1. The summed E-state index contributed by atoms with van der Waals surface area (Å²) in [7, 11) is -3.66. The number of nitrogens with two attached hydrogens (primary N) is 1. The molecule has 8 heteroatoms. The van der Waals surface area contributed by atoms with Gasteiger partial charge in [-0.15, -0.1) is 0 Å². The minimum absolute atomic E-state index is 0.0250. The molecule has 108 valence electrons. The summed E-state index contributed by atoms with van der Waals surface area (Å²) >= 11 is 0. The molecule has 1 aromatic rings. The minimum atomic E-state index is -3.66. The fourth-order valence-corrected chi connectivity index (χ4v) is 4.14. The minimum Gasteiger partial charge on any atom is -0.395 e. The highest BCUT2D eigenvalue weighted by molar-refractivity contribution is 7.89. The summed E-state index contributed by atoms with van der Waals surface area (Å²) in [6, 6.07) is -0.348. The standard InChI is InChI=1S/C11H20N4O3S/c1-2-5-14-7-10(11(12)13-14)19(17,18)15-6-3-4-9(15)8-16/h7,9,16H,2-6,8H2,1H3,(H2,12,13)/t9-/m1/s1. The molecule has 0 amide bonds. The van der Waals surface area contributed by atoms with E-state index >= 15 is 0 Å². The Hall–Kier alpha value is -1.12. The smallest absolute Gasteiger partial charge is 0.248 e. The Morgan fingerprint density at radius 2 is 2.32 bits per heavy atom. The van der Waals surface area contributed by atoms with Crippen molar-refractivity contribution in [1.82, 2.24) is 14.1 Å². The van der Waals surface area contributed by atoms with Crippen molar-refractivity contribution in [3.63, 3.8) is 0 Å². The second-order valence-electron chi connectivity index (χ2n) is 4.74. The van der Waals surface area contributed by atoms with E-state index in [0.29, 0.717) is 19.5 Å². The number of nitrogens with zero attached hydrogens (tertiary/aromatic N) is 3. The van der Waals surface area contributed by atoms with Gasteiger partial charge in [0.15, 0.2) is 5.82 Å². The van der Waals surface area contributed by atoms with Crippen molar-refractivity contribution in [3.05, 3.63) is 6.20 Å². The Bertz CT molecular complexity index is 540. The number of hydrogen-bond donors (Lipinski definition) is 2. The van der Waals surface area contributed by atoms with Crippen LogP contribution in [0.5, 0.6) is 0 Å². The molecule has 0 bridgehead atoms. The number of nitrogen functional groups attached to an aromatic ring is 1. The molecule has 19 heavy (non-hydrogen) atoms. The Morgan fingerprint density at radius 3 is 2.95 bits per heavy atom. The number of sulfonamides is 1. The summed E-state index contributed by atoms with van der Waals surface area (Å²) in [6.45, 7) is 2.87. The van der Waals surface area contributed by atoms with Crippen molar-refractivity contribution >= 4 is 15.8 Å². The molecule has 7 nitrogen and oxygen atoms in total. The normalized spacial score (nSPS) is 21.1. The quantitative estimate of drug-likeness (QED) is 0.795. The third-order valence-electron chi connectivity index (χ3n) is 3.33. The van der Waals surface area contributed by atoms with Crippen molar-refractivity contribution < 1.29 is 13.5 Å². The average molecular weight is 288 g/mol. The summed E-state index contributed by atoms with van der Waals surface area (Å²) in [5.41, 5.74) is 5.71. The van der Waals surface area contributed by atoms with Gasteiger partial charge in [-0.3, -0.25) is 4.68 Å². The lowest BCUT2D eigenvalue weighted by atomic mass is 10.2. The van der Waals surface area contributed by atoms with Crippen LogP contribution < -0.4 is 5.73 Å². The van der Waals surface area contributed by atoms with Crippen LogP contribution in [0.15, 0.2) is 11.1 Å². The predicted molar refractivity (Wildman–Crippen MR) is 70.9 cm³/mol. The number of aryl methyl sites for hydroxylation is 1. The van der Waals surface area contributed by atoms with E-state index in [-0.39, 0.29) is 23.4 Å². The average Bonchev–Trinajstić information content (AvgIpc) is 2.96. The third kappa shape index (κ3) is 2.60. The Kier molecular flexibility index (Phi) is 4.12. The molecule has 0 unspecified atom stereocenters. The first-order valence-corrected chi connectivity index (χ1v) is 7.90. The van der Waals surface area contributed by atoms with Crippen molar-refractivity contribution in [2.24, 2.45) is 0 Å². The molecule has 3 N–H and O–H groups in total. The molecular formula is C11H20N4O3S. The number of aliphatic hydroxyl groups is 1. The maximum atomic E-state index is 12.5. The van der Waals surface area contributed by atoms with Crippen molar-refractivity contribution in [2.45, 2.75) is 43.7 Å². The fourth-order valence-electron chi connectivity index (χ4n) is 2.39. The second kappa shape index (κ2) is 5.48. The molecule has 0 spiro atoms. The molecule has 0 aromatic carbocycles. The van der Waals surface area contributed by atoms with E-state index in [1.54, 1.807) is 4.68 Å². The Morgan fingerprint density at radius 1 is 1.58 bits per heavy atom. The largest absolute Gasteiger partial charge is 0.395 e. The van der Waals surface area contributed by atoms with Gasteiger partial charge in [0.1, 0.15) is 4.90 Å². The van der Waals surface area contributed by atoms with Gasteiger partial charge in [-0.05, 0) is 19.3 Å². The van der Waals surface area contributed by atoms with Gasteiger partial charge in [-0.1, -0.05) is 6.92 Å². The highest BCUT2D eigenvalue weighted by atomic mass is 32.2. The molecule has 1 aliphatic heterocycles. The van der Waals surface area contributed by atoms with Gasteiger partial charge < -0.3 is 10.8 Å². The first-order valence-electron chi connectivity index (χ1n) is 6.46. The fraction of sp³-hybridized carbons (Fsp3) is 0.727. The van der Waals surface area contributed by atoms with Crippen LogP contribution in [0.4, 0.5) is 5.82 Å². The van der Waals surface area contributed by atoms with E-state index < -0.39 is 10.0 Å².